The van der Waals surface area contributed by atoms with Gasteiger partial charge in [0, 0.05) is 18.9 Å². The van der Waals surface area contributed by atoms with E-state index in [-0.39, 0.29) is 12.6 Å². The first kappa shape index (κ1) is 11.3. The van der Waals surface area contributed by atoms with Crippen molar-refractivity contribution in [3.63, 3.8) is 0 Å². The van der Waals surface area contributed by atoms with Gasteiger partial charge in [0.2, 0.25) is 5.95 Å². The molecule has 1 atom stereocenters. The highest BCUT2D eigenvalue weighted by atomic mass is 16.3. The summed E-state index contributed by atoms with van der Waals surface area (Å²) in [6, 6.07) is 0.185. The molecule has 4 heteroatoms. The second kappa shape index (κ2) is 5.25. The highest BCUT2D eigenvalue weighted by Gasteiger charge is 2.22. The molecule has 0 saturated carbocycles. The van der Waals surface area contributed by atoms with Crippen molar-refractivity contribution >= 4 is 5.95 Å². The minimum absolute atomic E-state index is 0.185. The minimum Gasteiger partial charge on any atom is -0.394 e. The smallest absolute Gasteiger partial charge is 0.225 e. The maximum absolute atomic E-state index is 9.41. The van der Waals surface area contributed by atoms with Gasteiger partial charge in [-0.1, -0.05) is 12.8 Å². The van der Waals surface area contributed by atoms with E-state index in [1.165, 1.54) is 12.8 Å². The van der Waals surface area contributed by atoms with Crippen LogP contribution in [-0.2, 0) is 0 Å². The second-order valence-electron chi connectivity index (χ2n) is 4.44. The Morgan fingerprint density at radius 3 is 2.75 bits per heavy atom. The molecule has 1 aromatic heterocycles. The first-order chi connectivity index (χ1) is 7.81. The number of hydrogen-bond acceptors (Lipinski definition) is 4. The lowest BCUT2D eigenvalue weighted by Crippen LogP contribution is -2.38. The molecule has 4 nitrogen and oxygen atoms in total. The third kappa shape index (κ3) is 2.50. The molecule has 16 heavy (non-hydrogen) atoms. The normalized spacial score (nSPS) is 21.9. The van der Waals surface area contributed by atoms with Gasteiger partial charge in [0.05, 0.1) is 12.6 Å². The summed E-state index contributed by atoms with van der Waals surface area (Å²) in [5.41, 5.74) is 1.07. The quantitative estimate of drug-likeness (QED) is 0.822. The molecule has 0 amide bonds. The van der Waals surface area contributed by atoms with Crippen molar-refractivity contribution in [1.29, 1.82) is 0 Å². The summed E-state index contributed by atoms with van der Waals surface area (Å²) in [6.45, 7) is 3.13. The number of nitrogens with zero attached hydrogens (tertiary/aromatic N) is 3. The average Bonchev–Trinajstić information content (AvgIpc) is 2.55. The maximum atomic E-state index is 9.41. The summed E-state index contributed by atoms with van der Waals surface area (Å²) in [6.07, 6.45) is 8.29. The zero-order valence-electron chi connectivity index (χ0n) is 9.76. The molecule has 0 spiro atoms. The molecular formula is C12H19N3O. The number of aromatic nitrogens is 2. The summed E-state index contributed by atoms with van der Waals surface area (Å²) in [7, 11) is 0. The third-order valence-electron chi connectivity index (χ3n) is 3.11. The zero-order chi connectivity index (χ0) is 11.4. The van der Waals surface area contributed by atoms with Crippen LogP contribution in [0.5, 0.6) is 0 Å². The van der Waals surface area contributed by atoms with Gasteiger partial charge in [-0.15, -0.1) is 0 Å². The highest BCUT2D eigenvalue weighted by Crippen LogP contribution is 2.20. The summed E-state index contributed by atoms with van der Waals surface area (Å²) in [5, 5.41) is 9.41. The Bertz CT molecular complexity index is 326. The summed E-state index contributed by atoms with van der Waals surface area (Å²) >= 11 is 0. The van der Waals surface area contributed by atoms with Crippen LogP contribution in [0, 0.1) is 6.92 Å². The van der Waals surface area contributed by atoms with Crippen LogP contribution in [0.25, 0.3) is 0 Å². The van der Waals surface area contributed by atoms with Gasteiger partial charge in [0.1, 0.15) is 0 Å². The molecule has 1 N–H and O–H groups in total. The third-order valence-corrected chi connectivity index (χ3v) is 3.11. The van der Waals surface area contributed by atoms with Gasteiger partial charge in [0.15, 0.2) is 0 Å². The Morgan fingerprint density at radius 1 is 1.31 bits per heavy atom. The van der Waals surface area contributed by atoms with Crippen LogP contribution >= 0.6 is 0 Å². The van der Waals surface area contributed by atoms with E-state index in [2.05, 4.69) is 14.9 Å². The Balaban J connectivity index is 2.18. The minimum atomic E-state index is 0.185. The lowest BCUT2D eigenvalue weighted by molar-refractivity contribution is 0.254. The Morgan fingerprint density at radius 2 is 2.06 bits per heavy atom. The average molecular weight is 221 g/mol. The lowest BCUT2D eigenvalue weighted by Gasteiger charge is -2.28. The van der Waals surface area contributed by atoms with Gasteiger partial charge in [-0.3, -0.25) is 0 Å². The van der Waals surface area contributed by atoms with Crippen molar-refractivity contribution in [2.24, 2.45) is 0 Å². The molecule has 1 saturated heterocycles. The van der Waals surface area contributed by atoms with Crippen LogP contribution in [0.15, 0.2) is 12.4 Å². The molecule has 1 unspecified atom stereocenters. The molecule has 88 valence electrons. The fourth-order valence-electron chi connectivity index (χ4n) is 2.16. The summed E-state index contributed by atoms with van der Waals surface area (Å²) in [4.78, 5) is 10.8. The van der Waals surface area contributed by atoms with Crippen LogP contribution in [0.2, 0.25) is 0 Å². The number of rotatable bonds is 2. The van der Waals surface area contributed by atoms with E-state index in [1.807, 2.05) is 19.3 Å². The fourth-order valence-corrected chi connectivity index (χ4v) is 2.16. The zero-order valence-corrected chi connectivity index (χ0v) is 9.76. The van der Waals surface area contributed by atoms with E-state index >= 15 is 0 Å². The van der Waals surface area contributed by atoms with E-state index in [0.29, 0.717) is 0 Å². The van der Waals surface area contributed by atoms with E-state index in [0.717, 1.165) is 30.9 Å². The lowest BCUT2D eigenvalue weighted by atomic mass is 10.1. The van der Waals surface area contributed by atoms with Crippen LogP contribution in [0.1, 0.15) is 31.2 Å². The van der Waals surface area contributed by atoms with E-state index in [1.54, 1.807) is 0 Å². The molecule has 2 rings (SSSR count). The second-order valence-corrected chi connectivity index (χ2v) is 4.44. The van der Waals surface area contributed by atoms with Crippen molar-refractivity contribution in [3.8, 4) is 0 Å². The number of hydrogen-bond donors (Lipinski definition) is 1. The van der Waals surface area contributed by atoms with E-state index < -0.39 is 0 Å². The maximum Gasteiger partial charge on any atom is 0.225 e. The van der Waals surface area contributed by atoms with Crippen LogP contribution in [-0.4, -0.2) is 34.3 Å². The van der Waals surface area contributed by atoms with Crippen molar-refractivity contribution in [3.05, 3.63) is 18.0 Å². The molecule has 1 aliphatic heterocycles. The first-order valence-electron chi connectivity index (χ1n) is 5.97. The molecule has 1 aliphatic rings. The van der Waals surface area contributed by atoms with E-state index in [9.17, 15) is 5.11 Å². The predicted octanol–water partition coefficient (Wildman–Crippen LogP) is 1.53. The Labute approximate surface area is 96.3 Å². The van der Waals surface area contributed by atoms with Crippen molar-refractivity contribution in [2.45, 2.75) is 38.6 Å². The summed E-state index contributed by atoms with van der Waals surface area (Å²) < 4.78 is 0. The van der Waals surface area contributed by atoms with Crippen molar-refractivity contribution < 1.29 is 5.11 Å². The first-order valence-corrected chi connectivity index (χ1v) is 5.97. The molecule has 1 fully saturated rings. The highest BCUT2D eigenvalue weighted by molar-refractivity contribution is 5.31. The number of anilines is 1. The fraction of sp³-hybridized carbons (Fsp3) is 0.667. The van der Waals surface area contributed by atoms with Gasteiger partial charge >= 0.3 is 0 Å². The van der Waals surface area contributed by atoms with Gasteiger partial charge in [-0.2, -0.15) is 0 Å². The number of aliphatic hydroxyl groups is 1. The molecule has 0 aromatic carbocycles. The van der Waals surface area contributed by atoms with Crippen LogP contribution < -0.4 is 4.90 Å². The molecule has 2 heterocycles. The van der Waals surface area contributed by atoms with Crippen LogP contribution in [0.4, 0.5) is 5.95 Å². The summed E-state index contributed by atoms with van der Waals surface area (Å²) in [5.74, 6) is 0.756. The molecule has 0 radical (unpaired) electrons. The predicted molar refractivity (Wildman–Crippen MR) is 63.5 cm³/mol. The largest absolute Gasteiger partial charge is 0.394 e. The Kier molecular flexibility index (Phi) is 3.72. The van der Waals surface area contributed by atoms with Crippen molar-refractivity contribution in [1.82, 2.24) is 9.97 Å². The SMILES string of the molecule is Cc1cnc(N2CCCCCC2CO)nc1. The van der Waals surface area contributed by atoms with Crippen molar-refractivity contribution in [2.75, 3.05) is 18.1 Å². The van der Waals surface area contributed by atoms with E-state index in [4.69, 9.17) is 0 Å². The molecule has 0 bridgehead atoms. The number of aryl methyl sites for hydroxylation is 1. The van der Waals surface area contributed by atoms with Gasteiger partial charge in [0.25, 0.3) is 0 Å². The molecule has 0 aliphatic carbocycles. The monoisotopic (exact) mass is 221 g/mol. The van der Waals surface area contributed by atoms with Gasteiger partial charge < -0.3 is 10.0 Å². The van der Waals surface area contributed by atoms with Crippen LogP contribution in [0.3, 0.4) is 0 Å². The standard InChI is InChI=1S/C12H19N3O/c1-10-7-13-12(14-8-10)15-6-4-2-3-5-11(15)9-16/h7-8,11,16H,2-6,9H2,1H3. The van der Waals surface area contributed by atoms with Gasteiger partial charge in [-0.05, 0) is 25.3 Å². The number of aliphatic hydroxyl groups excluding tert-OH is 1. The topological polar surface area (TPSA) is 49.2 Å². The Hall–Kier alpha value is -1.16. The van der Waals surface area contributed by atoms with Gasteiger partial charge in [-0.25, -0.2) is 9.97 Å². The molecular weight excluding hydrogens is 202 g/mol. The molecule has 1 aromatic rings.